The van der Waals surface area contributed by atoms with E-state index >= 15 is 0 Å². The van der Waals surface area contributed by atoms with Gasteiger partial charge in [0.1, 0.15) is 5.75 Å². The molecule has 3 aromatic carbocycles. The average molecular weight is 359 g/mol. The number of benzene rings is 3. The quantitative estimate of drug-likeness (QED) is 0.488. The first-order valence-corrected chi connectivity index (χ1v) is 9.46. The fourth-order valence-electron chi connectivity index (χ4n) is 2.82. The van der Waals surface area contributed by atoms with Crippen LogP contribution in [0.2, 0.25) is 0 Å². The predicted octanol–water partition coefficient (Wildman–Crippen LogP) is 6.17. The first-order chi connectivity index (χ1) is 13.3. The van der Waals surface area contributed by atoms with Crippen LogP contribution in [0.3, 0.4) is 0 Å². The van der Waals surface area contributed by atoms with Crippen molar-refractivity contribution >= 4 is 11.6 Å². The highest BCUT2D eigenvalue weighted by molar-refractivity contribution is 6.04. The molecule has 3 nitrogen and oxygen atoms in total. The van der Waals surface area contributed by atoms with Gasteiger partial charge in [-0.1, -0.05) is 62.2 Å². The lowest BCUT2D eigenvalue weighted by Crippen LogP contribution is -2.11. The Morgan fingerprint density at radius 3 is 2.15 bits per heavy atom. The van der Waals surface area contributed by atoms with Crippen molar-refractivity contribution in [2.24, 2.45) is 0 Å². The van der Waals surface area contributed by atoms with Gasteiger partial charge in [-0.2, -0.15) is 0 Å². The lowest BCUT2D eigenvalue weighted by molar-refractivity contribution is 0.102. The summed E-state index contributed by atoms with van der Waals surface area (Å²) in [5, 5.41) is 2.94. The van der Waals surface area contributed by atoms with Gasteiger partial charge in [-0.05, 0) is 53.9 Å². The van der Waals surface area contributed by atoms with Crippen molar-refractivity contribution in [1.82, 2.24) is 0 Å². The molecule has 3 heteroatoms. The third kappa shape index (κ3) is 5.45. The molecule has 0 aliphatic carbocycles. The maximum absolute atomic E-state index is 12.4. The zero-order chi connectivity index (χ0) is 18.9. The molecule has 0 heterocycles. The summed E-state index contributed by atoms with van der Waals surface area (Å²) < 4.78 is 5.68. The highest BCUT2D eigenvalue weighted by atomic mass is 16.5. The maximum Gasteiger partial charge on any atom is 0.255 e. The number of anilines is 1. The van der Waals surface area contributed by atoms with Crippen LogP contribution in [-0.2, 0) is 0 Å². The van der Waals surface area contributed by atoms with Crippen LogP contribution in [-0.4, -0.2) is 12.5 Å². The van der Waals surface area contributed by atoms with E-state index in [-0.39, 0.29) is 5.91 Å². The Labute approximate surface area is 161 Å². The van der Waals surface area contributed by atoms with E-state index in [2.05, 4.69) is 24.4 Å². The molecule has 0 saturated heterocycles. The summed E-state index contributed by atoms with van der Waals surface area (Å²) in [5.41, 5.74) is 3.67. The molecule has 0 aromatic heterocycles. The summed E-state index contributed by atoms with van der Waals surface area (Å²) >= 11 is 0. The first-order valence-electron chi connectivity index (χ1n) is 9.46. The lowest BCUT2D eigenvalue weighted by atomic mass is 10.1. The normalized spacial score (nSPS) is 10.4. The van der Waals surface area contributed by atoms with Crippen LogP contribution >= 0.6 is 0 Å². The van der Waals surface area contributed by atoms with E-state index in [4.69, 9.17) is 4.74 Å². The van der Waals surface area contributed by atoms with E-state index in [0.29, 0.717) is 12.2 Å². The fraction of sp³-hybridized carbons (Fsp3) is 0.208. The van der Waals surface area contributed by atoms with E-state index < -0.39 is 0 Å². The van der Waals surface area contributed by atoms with E-state index in [9.17, 15) is 4.79 Å². The maximum atomic E-state index is 12.4. The molecule has 3 aromatic rings. The Balaban J connectivity index is 1.57. The molecule has 1 N–H and O–H groups in total. The van der Waals surface area contributed by atoms with Crippen LogP contribution in [0.25, 0.3) is 11.1 Å². The summed E-state index contributed by atoms with van der Waals surface area (Å²) in [5.74, 6) is 0.676. The Kier molecular flexibility index (Phi) is 6.64. The van der Waals surface area contributed by atoms with Crippen LogP contribution in [0.4, 0.5) is 5.69 Å². The van der Waals surface area contributed by atoms with Crippen molar-refractivity contribution in [3.63, 3.8) is 0 Å². The lowest BCUT2D eigenvalue weighted by Gasteiger charge is -2.09. The van der Waals surface area contributed by atoms with Crippen LogP contribution in [0, 0.1) is 0 Å². The molecule has 0 spiro atoms. The molecule has 0 unspecified atom stereocenters. The molecule has 1 amide bonds. The summed E-state index contributed by atoms with van der Waals surface area (Å²) in [6.07, 6.45) is 3.40. The van der Waals surface area contributed by atoms with Crippen molar-refractivity contribution in [3.05, 3.63) is 84.4 Å². The molecule has 0 aliphatic heterocycles. The first kappa shape index (κ1) is 18.7. The molecule has 27 heavy (non-hydrogen) atoms. The Hall–Kier alpha value is -3.07. The third-order valence-electron chi connectivity index (χ3n) is 4.38. The number of nitrogens with one attached hydrogen (secondary N) is 1. The number of amides is 1. The van der Waals surface area contributed by atoms with Gasteiger partial charge in [0, 0.05) is 11.3 Å². The molecule has 3 rings (SSSR count). The van der Waals surface area contributed by atoms with Crippen LogP contribution in [0.5, 0.6) is 5.75 Å². The van der Waals surface area contributed by atoms with Crippen LogP contribution in [0.15, 0.2) is 78.9 Å². The number of hydrogen-bond donors (Lipinski definition) is 1. The van der Waals surface area contributed by atoms with Gasteiger partial charge in [0.15, 0.2) is 0 Å². The highest BCUT2D eigenvalue weighted by Gasteiger charge is 2.07. The Morgan fingerprint density at radius 1 is 0.815 bits per heavy atom. The minimum Gasteiger partial charge on any atom is -0.494 e. The number of carbonyl (C=O) groups excluding carboxylic acids is 1. The predicted molar refractivity (Wildman–Crippen MR) is 111 cm³/mol. The number of unbranched alkanes of at least 4 members (excludes halogenated alkanes) is 2. The second-order valence-electron chi connectivity index (χ2n) is 6.48. The SMILES string of the molecule is CCCCCOc1ccc(C(=O)Nc2ccc(-c3ccccc3)cc2)cc1. The minimum absolute atomic E-state index is 0.125. The van der Waals surface area contributed by atoms with Crippen molar-refractivity contribution in [2.75, 3.05) is 11.9 Å². The highest BCUT2D eigenvalue weighted by Crippen LogP contribution is 2.21. The summed E-state index contributed by atoms with van der Waals surface area (Å²) in [7, 11) is 0. The summed E-state index contributed by atoms with van der Waals surface area (Å²) in [4.78, 5) is 12.4. The minimum atomic E-state index is -0.125. The smallest absolute Gasteiger partial charge is 0.255 e. The monoisotopic (exact) mass is 359 g/mol. The second kappa shape index (κ2) is 9.58. The summed E-state index contributed by atoms with van der Waals surface area (Å²) in [6, 6.07) is 25.3. The number of hydrogen-bond acceptors (Lipinski definition) is 2. The third-order valence-corrected chi connectivity index (χ3v) is 4.38. The van der Waals surface area contributed by atoms with Gasteiger partial charge >= 0.3 is 0 Å². The van der Waals surface area contributed by atoms with E-state index in [1.54, 1.807) is 12.1 Å². The van der Waals surface area contributed by atoms with Gasteiger partial charge in [0.25, 0.3) is 5.91 Å². The van der Waals surface area contributed by atoms with E-state index in [1.807, 2.05) is 54.6 Å². The van der Waals surface area contributed by atoms with Crippen LogP contribution in [0.1, 0.15) is 36.5 Å². The van der Waals surface area contributed by atoms with E-state index in [0.717, 1.165) is 29.0 Å². The largest absolute Gasteiger partial charge is 0.494 e. The Morgan fingerprint density at radius 2 is 1.48 bits per heavy atom. The van der Waals surface area contributed by atoms with Crippen molar-refractivity contribution < 1.29 is 9.53 Å². The summed E-state index contributed by atoms with van der Waals surface area (Å²) in [6.45, 7) is 2.88. The molecule has 0 saturated carbocycles. The van der Waals surface area contributed by atoms with Gasteiger partial charge in [0.05, 0.1) is 6.61 Å². The molecule has 0 fully saturated rings. The van der Waals surface area contributed by atoms with Gasteiger partial charge in [0.2, 0.25) is 0 Å². The topological polar surface area (TPSA) is 38.3 Å². The molecule has 138 valence electrons. The van der Waals surface area contributed by atoms with E-state index in [1.165, 1.54) is 12.8 Å². The number of carbonyl (C=O) groups is 1. The van der Waals surface area contributed by atoms with Gasteiger partial charge < -0.3 is 10.1 Å². The van der Waals surface area contributed by atoms with Gasteiger partial charge in [-0.25, -0.2) is 0 Å². The molecule has 0 atom stereocenters. The van der Waals surface area contributed by atoms with Gasteiger partial charge in [-0.15, -0.1) is 0 Å². The molecule has 0 bridgehead atoms. The number of ether oxygens (including phenoxy) is 1. The van der Waals surface area contributed by atoms with Crippen LogP contribution < -0.4 is 10.1 Å². The zero-order valence-corrected chi connectivity index (χ0v) is 15.7. The van der Waals surface area contributed by atoms with Crippen molar-refractivity contribution in [3.8, 4) is 16.9 Å². The molecular weight excluding hydrogens is 334 g/mol. The zero-order valence-electron chi connectivity index (χ0n) is 15.7. The second-order valence-corrected chi connectivity index (χ2v) is 6.48. The van der Waals surface area contributed by atoms with Gasteiger partial charge in [-0.3, -0.25) is 4.79 Å². The number of rotatable bonds is 8. The standard InChI is InChI=1S/C24H25NO2/c1-2-3-7-18-27-23-16-12-21(13-17-23)24(26)25-22-14-10-20(11-15-22)19-8-5-4-6-9-19/h4-6,8-17H,2-3,7,18H2,1H3,(H,25,26). The van der Waals surface area contributed by atoms with Crippen molar-refractivity contribution in [2.45, 2.75) is 26.2 Å². The molecular formula is C24H25NO2. The molecule has 0 radical (unpaired) electrons. The average Bonchev–Trinajstić information content (AvgIpc) is 2.73. The Bertz CT molecular complexity index is 840. The fourth-order valence-corrected chi connectivity index (χ4v) is 2.82. The molecule has 0 aliphatic rings. The van der Waals surface area contributed by atoms with Crippen molar-refractivity contribution in [1.29, 1.82) is 0 Å².